The van der Waals surface area contributed by atoms with Crippen LogP contribution in [-0.2, 0) is 0 Å². The number of benzene rings is 3. The van der Waals surface area contributed by atoms with E-state index in [0.29, 0.717) is 33.0 Å². The van der Waals surface area contributed by atoms with Crippen molar-refractivity contribution >= 4 is 40.1 Å². The first kappa shape index (κ1) is 19.7. The van der Waals surface area contributed by atoms with Crippen molar-refractivity contribution in [2.75, 3.05) is 0 Å². The summed E-state index contributed by atoms with van der Waals surface area (Å²) in [7, 11) is 0. The molecular weight excluding hydrogens is 398 g/mol. The highest BCUT2D eigenvalue weighted by Crippen LogP contribution is 2.27. The van der Waals surface area contributed by atoms with Gasteiger partial charge in [-0.05, 0) is 67.1 Å². The number of Topliss-reactive ketones (excluding diaryl/α,β-unsaturated/α-hetero) is 1. The molecule has 0 unspecified atom stereocenters. The van der Waals surface area contributed by atoms with Crippen molar-refractivity contribution in [1.29, 1.82) is 0 Å². The van der Waals surface area contributed by atoms with Crippen molar-refractivity contribution < 1.29 is 13.9 Å². The molecule has 4 aromatic rings. The van der Waals surface area contributed by atoms with Crippen LogP contribution in [0.1, 0.15) is 28.7 Å². The number of aromatic nitrogens is 1. The van der Waals surface area contributed by atoms with Crippen LogP contribution >= 0.6 is 11.6 Å². The monoisotopic (exact) mass is 415 g/mol. The molecule has 4 rings (SSSR count). The van der Waals surface area contributed by atoms with Crippen LogP contribution in [0.2, 0.25) is 5.02 Å². The molecule has 148 valence electrons. The summed E-state index contributed by atoms with van der Waals surface area (Å²) in [6.45, 7) is 1.87. The number of carbonyl (C=O) groups is 1. The summed E-state index contributed by atoms with van der Waals surface area (Å²) in [5.41, 5.74) is 2.99. The van der Waals surface area contributed by atoms with E-state index in [0.717, 1.165) is 5.56 Å². The molecule has 0 spiro atoms. The third-order valence-electron chi connectivity index (χ3n) is 4.41. The fourth-order valence-electron chi connectivity index (χ4n) is 2.92. The number of hydrogen-bond donors (Lipinski definition) is 0. The Balaban J connectivity index is 1.76. The molecule has 0 atom stereocenters. The average molecular weight is 416 g/mol. The number of para-hydroxylation sites is 2. The molecule has 1 aromatic heterocycles. The molecule has 0 N–H and O–H groups in total. The van der Waals surface area contributed by atoms with Crippen molar-refractivity contribution in [3.05, 3.63) is 107 Å². The Bertz CT molecular complexity index is 1200. The Morgan fingerprint density at radius 1 is 1.00 bits per heavy atom. The van der Waals surface area contributed by atoms with Crippen molar-refractivity contribution in [2.24, 2.45) is 0 Å². The van der Waals surface area contributed by atoms with E-state index >= 15 is 0 Å². The summed E-state index contributed by atoms with van der Waals surface area (Å²) in [5, 5.41) is 0.624. The molecule has 1 heterocycles. The van der Waals surface area contributed by atoms with Crippen molar-refractivity contribution in [2.45, 2.75) is 6.92 Å². The number of ether oxygens (including phenoxy) is 1. The lowest BCUT2D eigenvalue weighted by Crippen LogP contribution is -2.03. The van der Waals surface area contributed by atoms with Gasteiger partial charge in [0.15, 0.2) is 11.4 Å². The Labute approximate surface area is 179 Å². The van der Waals surface area contributed by atoms with E-state index < -0.39 is 0 Å². The molecule has 3 aromatic carbocycles. The molecule has 30 heavy (non-hydrogen) atoms. The number of ketones is 1. The van der Waals surface area contributed by atoms with Crippen LogP contribution in [-0.4, -0.2) is 10.8 Å². The van der Waals surface area contributed by atoms with E-state index in [1.165, 1.54) is 0 Å². The third-order valence-corrected chi connectivity index (χ3v) is 4.66. The van der Waals surface area contributed by atoms with Crippen molar-refractivity contribution in [3.63, 3.8) is 0 Å². The van der Waals surface area contributed by atoms with E-state index in [9.17, 15) is 4.79 Å². The Morgan fingerprint density at radius 2 is 1.73 bits per heavy atom. The van der Waals surface area contributed by atoms with Crippen LogP contribution in [0.15, 0.2) is 89.6 Å². The van der Waals surface area contributed by atoms with Crippen LogP contribution < -0.4 is 4.74 Å². The summed E-state index contributed by atoms with van der Waals surface area (Å²) in [4.78, 5) is 17.9. The molecule has 0 fully saturated rings. The SMILES string of the molecule is C/C=C/Oc1ccc(C(=O)/C(=C/c2ccc(Cl)cc2)c2nc3ccccc3o2)cc1. The van der Waals surface area contributed by atoms with Gasteiger partial charge in [-0.2, -0.15) is 0 Å². The molecule has 5 heteroatoms. The summed E-state index contributed by atoms with van der Waals surface area (Å²) in [5.74, 6) is 0.717. The third kappa shape index (κ3) is 4.34. The van der Waals surface area contributed by atoms with E-state index in [1.54, 1.807) is 54.8 Å². The fraction of sp³-hybridized carbons (Fsp3) is 0.0400. The van der Waals surface area contributed by atoms with Gasteiger partial charge < -0.3 is 9.15 Å². The zero-order chi connectivity index (χ0) is 20.9. The highest BCUT2D eigenvalue weighted by molar-refractivity contribution is 6.32. The summed E-state index contributed by atoms with van der Waals surface area (Å²) < 4.78 is 11.3. The van der Waals surface area contributed by atoms with Crippen molar-refractivity contribution in [3.8, 4) is 5.75 Å². The van der Waals surface area contributed by atoms with Crippen LogP contribution in [0.4, 0.5) is 0 Å². The Kier molecular flexibility index (Phi) is 5.77. The maximum atomic E-state index is 13.4. The topological polar surface area (TPSA) is 52.3 Å². The van der Waals surface area contributed by atoms with Crippen LogP contribution in [0.25, 0.3) is 22.7 Å². The summed E-state index contributed by atoms with van der Waals surface area (Å²) in [6.07, 6.45) is 5.13. The normalized spacial score (nSPS) is 11.9. The predicted molar refractivity (Wildman–Crippen MR) is 120 cm³/mol. The van der Waals surface area contributed by atoms with Gasteiger partial charge in [0.2, 0.25) is 5.89 Å². The van der Waals surface area contributed by atoms with Gasteiger partial charge in [-0.1, -0.05) is 41.9 Å². The molecule has 0 radical (unpaired) electrons. The predicted octanol–water partition coefficient (Wildman–Crippen LogP) is 6.82. The lowest BCUT2D eigenvalue weighted by Gasteiger charge is -2.06. The summed E-state index contributed by atoms with van der Waals surface area (Å²) >= 11 is 5.99. The van der Waals surface area contributed by atoms with E-state index in [1.807, 2.05) is 43.3 Å². The zero-order valence-corrected chi connectivity index (χ0v) is 17.0. The van der Waals surface area contributed by atoms with Crippen LogP contribution in [0, 0.1) is 0 Å². The van der Waals surface area contributed by atoms with Gasteiger partial charge in [-0.3, -0.25) is 4.79 Å². The van der Waals surface area contributed by atoms with E-state index in [2.05, 4.69) is 4.98 Å². The molecule has 0 aliphatic heterocycles. The van der Waals surface area contributed by atoms with Gasteiger partial charge >= 0.3 is 0 Å². The zero-order valence-electron chi connectivity index (χ0n) is 16.2. The van der Waals surface area contributed by atoms with Gasteiger partial charge in [0.05, 0.1) is 11.8 Å². The maximum absolute atomic E-state index is 13.4. The molecule has 4 nitrogen and oxygen atoms in total. The largest absolute Gasteiger partial charge is 0.465 e. The lowest BCUT2D eigenvalue weighted by molar-refractivity contribution is 0.105. The van der Waals surface area contributed by atoms with Crippen molar-refractivity contribution in [1.82, 2.24) is 4.98 Å². The summed E-state index contributed by atoms with van der Waals surface area (Å²) in [6, 6.07) is 21.6. The maximum Gasteiger partial charge on any atom is 0.231 e. The second-order valence-corrected chi connectivity index (χ2v) is 6.97. The number of fused-ring (bicyclic) bond motifs is 1. The van der Waals surface area contributed by atoms with Gasteiger partial charge in [0.1, 0.15) is 11.3 Å². The van der Waals surface area contributed by atoms with E-state index in [4.69, 9.17) is 20.8 Å². The first-order chi connectivity index (χ1) is 14.6. The molecule has 0 aliphatic rings. The van der Waals surface area contributed by atoms with Gasteiger partial charge in [0.25, 0.3) is 0 Å². The number of rotatable bonds is 6. The molecule has 0 saturated carbocycles. The fourth-order valence-corrected chi connectivity index (χ4v) is 3.05. The number of halogens is 1. The molecular formula is C25H18ClNO3. The standard InChI is InChI=1S/C25H18ClNO3/c1-2-15-29-20-13-9-18(10-14-20)24(28)21(16-17-7-11-19(26)12-8-17)25-27-22-5-3-4-6-23(22)30-25/h2-16H,1H3/b15-2+,21-16-. The minimum absolute atomic E-state index is 0.200. The number of oxazole rings is 1. The molecule has 0 amide bonds. The highest BCUT2D eigenvalue weighted by Gasteiger charge is 2.20. The smallest absolute Gasteiger partial charge is 0.231 e. The van der Waals surface area contributed by atoms with Gasteiger partial charge in [0, 0.05) is 10.6 Å². The number of nitrogens with zero attached hydrogens (tertiary/aromatic N) is 1. The van der Waals surface area contributed by atoms with Crippen LogP contribution in [0.5, 0.6) is 5.75 Å². The van der Waals surface area contributed by atoms with Gasteiger partial charge in [-0.15, -0.1) is 0 Å². The van der Waals surface area contributed by atoms with Gasteiger partial charge in [-0.25, -0.2) is 4.98 Å². The number of hydrogen-bond acceptors (Lipinski definition) is 4. The second-order valence-electron chi connectivity index (χ2n) is 6.54. The highest BCUT2D eigenvalue weighted by atomic mass is 35.5. The molecule has 0 saturated heterocycles. The quantitative estimate of drug-likeness (QED) is 0.197. The number of allylic oxidation sites excluding steroid dienone is 2. The minimum Gasteiger partial charge on any atom is -0.465 e. The minimum atomic E-state index is -0.200. The Hall–Kier alpha value is -3.63. The first-order valence-electron chi connectivity index (χ1n) is 9.40. The lowest BCUT2D eigenvalue weighted by atomic mass is 10.0. The second kappa shape index (κ2) is 8.80. The van der Waals surface area contributed by atoms with Crippen LogP contribution in [0.3, 0.4) is 0 Å². The average Bonchev–Trinajstić information content (AvgIpc) is 3.21. The molecule has 0 bridgehead atoms. The Morgan fingerprint density at radius 3 is 2.43 bits per heavy atom. The first-order valence-corrected chi connectivity index (χ1v) is 9.77. The van der Waals surface area contributed by atoms with E-state index in [-0.39, 0.29) is 11.7 Å². The number of carbonyl (C=O) groups excluding carboxylic acids is 1. The molecule has 0 aliphatic carbocycles.